The fourth-order valence-corrected chi connectivity index (χ4v) is 3.45. The van der Waals surface area contributed by atoms with Crippen LogP contribution < -0.4 is 9.47 Å². The average Bonchev–Trinajstić information content (AvgIpc) is 2.78. The third-order valence-corrected chi connectivity index (χ3v) is 4.96. The van der Waals surface area contributed by atoms with Crippen molar-refractivity contribution in [1.29, 1.82) is 0 Å². The molecule has 0 saturated heterocycles. The summed E-state index contributed by atoms with van der Waals surface area (Å²) in [6.07, 6.45) is -0.757. The Kier molecular flexibility index (Phi) is 5.62. The van der Waals surface area contributed by atoms with Crippen molar-refractivity contribution < 1.29 is 14.3 Å². The van der Waals surface area contributed by atoms with Gasteiger partial charge in [0.05, 0.1) is 0 Å². The number of carbonyl (C=O) groups excluding carboxylic acids is 1. The molecule has 0 fully saturated rings. The highest BCUT2D eigenvalue weighted by Crippen LogP contribution is 2.35. The van der Waals surface area contributed by atoms with Gasteiger partial charge >= 0.3 is 6.16 Å². The van der Waals surface area contributed by atoms with Crippen molar-refractivity contribution in [3.63, 3.8) is 0 Å². The lowest BCUT2D eigenvalue weighted by molar-refractivity contribution is 0.151. The number of para-hydroxylation sites is 2. The molecule has 148 valence electrons. The summed E-state index contributed by atoms with van der Waals surface area (Å²) in [6, 6.07) is 31.3. The third kappa shape index (κ3) is 4.11. The van der Waals surface area contributed by atoms with Crippen LogP contribution in [-0.2, 0) is 0 Å². The molecule has 4 rings (SSSR count). The van der Waals surface area contributed by atoms with Gasteiger partial charge in [-0.3, -0.25) is 0 Å². The Morgan fingerprint density at radius 1 is 0.533 bits per heavy atom. The van der Waals surface area contributed by atoms with Crippen LogP contribution in [0.1, 0.15) is 11.1 Å². The van der Waals surface area contributed by atoms with Gasteiger partial charge in [0.15, 0.2) is 0 Å². The summed E-state index contributed by atoms with van der Waals surface area (Å²) in [6.45, 7) is 3.83. The molecule has 0 N–H and O–H groups in total. The molecule has 0 unspecified atom stereocenters. The van der Waals surface area contributed by atoms with Gasteiger partial charge in [-0.15, -0.1) is 0 Å². The molecule has 0 aliphatic heterocycles. The van der Waals surface area contributed by atoms with E-state index in [4.69, 9.17) is 9.47 Å². The Balaban J connectivity index is 1.65. The molecule has 0 saturated carbocycles. The largest absolute Gasteiger partial charge is 0.519 e. The van der Waals surface area contributed by atoms with E-state index in [1.54, 1.807) is 0 Å². The van der Waals surface area contributed by atoms with Crippen molar-refractivity contribution in [2.24, 2.45) is 0 Å². The quantitative estimate of drug-likeness (QED) is 0.271. The molecule has 0 spiro atoms. The highest BCUT2D eigenvalue weighted by atomic mass is 16.7. The zero-order chi connectivity index (χ0) is 20.9. The molecule has 0 bridgehead atoms. The first-order valence-corrected chi connectivity index (χ1v) is 9.83. The number of hydrogen-bond acceptors (Lipinski definition) is 3. The summed E-state index contributed by atoms with van der Waals surface area (Å²) in [5, 5.41) is 0. The van der Waals surface area contributed by atoms with Crippen LogP contribution in [0.4, 0.5) is 4.79 Å². The summed E-state index contributed by atoms with van der Waals surface area (Å²) in [5.41, 5.74) is 5.37. The summed E-state index contributed by atoms with van der Waals surface area (Å²) in [7, 11) is 0. The zero-order valence-electron chi connectivity index (χ0n) is 17.0. The minimum Gasteiger partial charge on any atom is -0.394 e. The Hall–Kier alpha value is -3.85. The molecule has 0 atom stereocenters. The maximum atomic E-state index is 12.8. The van der Waals surface area contributed by atoms with E-state index in [-0.39, 0.29) is 0 Å². The number of benzene rings is 4. The van der Waals surface area contributed by atoms with Gasteiger partial charge < -0.3 is 9.47 Å². The molecule has 4 aromatic rings. The van der Waals surface area contributed by atoms with Crippen LogP contribution in [-0.4, -0.2) is 6.16 Å². The molecular weight excluding hydrogens is 372 g/mol. The molecule has 0 aliphatic carbocycles. The highest BCUT2D eigenvalue weighted by molar-refractivity contribution is 5.80. The molecule has 0 aliphatic rings. The minimum atomic E-state index is -0.757. The van der Waals surface area contributed by atoms with Gasteiger partial charge in [-0.25, -0.2) is 4.79 Å². The second kappa shape index (κ2) is 8.66. The molecule has 4 aromatic carbocycles. The molecule has 3 nitrogen and oxygen atoms in total. The van der Waals surface area contributed by atoms with E-state index in [1.807, 2.05) is 111 Å². The number of aryl methyl sites for hydroxylation is 2. The normalized spacial score (nSPS) is 10.5. The van der Waals surface area contributed by atoms with Crippen LogP contribution in [0, 0.1) is 13.8 Å². The second-order valence-corrected chi connectivity index (χ2v) is 7.09. The van der Waals surface area contributed by atoms with Crippen LogP contribution in [0.3, 0.4) is 0 Å². The molecule has 3 heteroatoms. The smallest absolute Gasteiger partial charge is 0.394 e. The first-order chi connectivity index (χ1) is 14.6. The lowest BCUT2D eigenvalue weighted by Crippen LogP contribution is -2.16. The van der Waals surface area contributed by atoms with E-state index < -0.39 is 6.16 Å². The first kappa shape index (κ1) is 19.5. The van der Waals surface area contributed by atoms with E-state index in [2.05, 4.69) is 0 Å². The van der Waals surface area contributed by atoms with E-state index >= 15 is 0 Å². The molecule has 30 heavy (non-hydrogen) atoms. The molecule has 0 heterocycles. The van der Waals surface area contributed by atoms with Crippen LogP contribution >= 0.6 is 0 Å². The van der Waals surface area contributed by atoms with E-state index in [0.29, 0.717) is 11.5 Å². The average molecular weight is 394 g/mol. The topological polar surface area (TPSA) is 35.5 Å². The second-order valence-electron chi connectivity index (χ2n) is 7.09. The molecule has 0 radical (unpaired) electrons. The van der Waals surface area contributed by atoms with E-state index in [1.165, 1.54) is 0 Å². The zero-order valence-corrected chi connectivity index (χ0v) is 17.0. The van der Waals surface area contributed by atoms with Crippen LogP contribution in [0.5, 0.6) is 11.5 Å². The van der Waals surface area contributed by atoms with Crippen molar-refractivity contribution in [3.8, 4) is 33.8 Å². The van der Waals surface area contributed by atoms with Crippen LogP contribution in [0.2, 0.25) is 0 Å². The number of hydrogen-bond donors (Lipinski definition) is 0. The van der Waals surface area contributed by atoms with Crippen LogP contribution in [0.25, 0.3) is 22.3 Å². The van der Waals surface area contributed by atoms with E-state index in [9.17, 15) is 4.79 Å². The summed E-state index contributed by atoms with van der Waals surface area (Å²) >= 11 is 0. The molecular formula is C27H22O3. The van der Waals surface area contributed by atoms with Crippen molar-refractivity contribution in [1.82, 2.24) is 0 Å². The molecule has 0 amide bonds. The van der Waals surface area contributed by atoms with Gasteiger partial charge in [-0.05, 0) is 36.1 Å². The van der Waals surface area contributed by atoms with Crippen molar-refractivity contribution in [3.05, 3.63) is 108 Å². The number of rotatable bonds is 4. The third-order valence-electron chi connectivity index (χ3n) is 4.96. The fourth-order valence-electron chi connectivity index (χ4n) is 3.45. The predicted octanol–water partition coefficient (Wildman–Crippen LogP) is 7.22. The SMILES string of the molecule is Cc1cccc(-c2ccccc2)c1OC(=O)Oc1c(C)cccc1-c1ccccc1. The summed E-state index contributed by atoms with van der Waals surface area (Å²) < 4.78 is 11.4. The molecule has 0 aromatic heterocycles. The summed E-state index contributed by atoms with van der Waals surface area (Å²) in [5.74, 6) is 1.01. The fraction of sp³-hybridized carbons (Fsp3) is 0.0741. The lowest BCUT2D eigenvalue weighted by Gasteiger charge is -2.15. The van der Waals surface area contributed by atoms with Crippen molar-refractivity contribution >= 4 is 6.16 Å². The van der Waals surface area contributed by atoms with Gasteiger partial charge in [0.25, 0.3) is 0 Å². The van der Waals surface area contributed by atoms with Gasteiger partial charge in [-0.2, -0.15) is 0 Å². The van der Waals surface area contributed by atoms with E-state index in [0.717, 1.165) is 33.4 Å². The van der Waals surface area contributed by atoms with Crippen molar-refractivity contribution in [2.75, 3.05) is 0 Å². The predicted molar refractivity (Wildman–Crippen MR) is 120 cm³/mol. The maximum absolute atomic E-state index is 12.8. The van der Waals surface area contributed by atoms with Crippen molar-refractivity contribution in [2.45, 2.75) is 13.8 Å². The van der Waals surface area contributed by atoms with Crippen LogP contribution in [0.15, 0.2) is 97.1 Å². The maximum Gasteiger partial charge on any atom is 0.519 e. The Morgan fingerprint density at radius 2 is 0.933 bits per heavy atom. The summed E-state index contributed by atoms with van der Waals surface area (Å²) in [4.78, 5) is 12.8. The van der Waals surface area contributed by atoms with Gasteiger partial charge in [0, 0.05) is 11.1 Å². The monoisotopic (exact) mass is 394 g/mol. The highest BCUT2D eigenvalue weighted by Gasteiger charge is 2.18. The Bertz CT molecular complexity index is 1070. The minimum absolute atomic E-state index is 0.503. The lowest BCUT2D eigenvalue weighted by atomic mass is 10.0. The Morgan fingerprint density at radius 3 is 1.33 bits per heavy atom. The van der Waals surface area contributed by atoms with Gasteiger partial charge in [0.1, 0.15) is 11.5 Å². The standard InChI is InChI=1S/C27H22O3/c1-19-11-9-17-23(21-13-5-3-6-14-21)25(19)29-27(28)30-26-20(2)12-10-18-24(26)22-15-7-4-8-16-22/h3-18H,1-2H3. The Labute approximate surface area is 176 Å². The van der Waals surface area contributed by atoms with Gasteiger partial charge in [-0.1, -0.05) is 97.1 Å². The number of ether oxygens (including phenoxy) is 2. The van der Waals surface area contributed by atoms with Gasteiger partial charge in [0.2, 0.25) is 0 Å². The first-order valence-electron chi connectivity index (χ1n) is 9.83. The number of carbonyl (C=O) groups is 1.